The number of aryl methyl sites for hydroxylation is 2. The molecule has 0 saturated carbocycles. The van der Waals surface area contributed by atoms with E-state index in [1.807, 2.05) is 32.0 Å². The summed E-state index contributed by atoms with van der Waals surface area (Å²) in [5.41, 5.74) is 4.68. The smallest absolute Gasteiger partial charge is 0.338 e. The number of carbonyl (C=O) groups excluding carboxylic acids is 2. The van der Waals surface area contributed by atoms with Gasteiger partial charge in [0, 0.05) is 5.69 Å². The van der Waals surface area contributed by atoms with Gasteiger partial charge in [-0.3, -0.25) is 4.79 Å². The zero-order valence-electron chi connectivity index (χ0n) is 14.1. The van der Waals surface area contributed by atoms with Crippen molar-refractivity contribution in [1.82, 2.24) is 9.97 Å². The Bertz CT molecular complexity index is 931. The second-order valence-corrected chi connectivity index (χ2v) is 5.72. The fraction of sp³-hybridized carbons (Fsp3) is 0.211. The maximum atomic E-state index is 12.1. The number of H-pyrrole nitrogens is 1. The van der Waals surface area contributed by atoms with Gasteiger partial charge in [0.1, 0.15) is 0 Å². The summed E-state index contributed by atoms with van der Waals surface area (Å²) in [7, 11) is 0. The summed E-state index contributed by atoms with van der Waals surface area (Å²) in [4.78, 5) is 31.3. The van der Waals surface area contributed by atoms with Gasteiger partial charge in [-0.15, -0.1) is 0 Å². The number of benzene rings is 2. The Kier molecular flexibility index (Phi) is 4.79. The van der Waals surface area contributed by atoms with Gasteiger partial charge in [-0.1, -0.05) is 25.1 Å². The average molecular weight is 337 g/mol. The number of nitrogens with one attached hydrogen (secondary N) is 2. The number of hydrogen-bond donors (Lipinski definition) is 2. The number of amides is 1. The van der Waals surface area contributed by atoms with Gasteiger partial charge in [0.15, 0.2) is 6.61 Å². The van der Waals surface area contributed by atoms with E-state index in [9.17, 15) is 9.59 Å². The number of ether oxygens (including phenoxy) is 1. The van der Waals surface area contributed by atoms with E-state index in [1.165, 1.54) is 0 Å². The predicted octanol–water partition coefficient (Wildman–Crippen LogP) is 3.23. The summed E-state index contributed by atoms with van der Waals surface area (Å²) in [6.07, 6.45) is 2.36. The van der Waals surface area contributed by atoms with Gasteiger partial charge in [0.05, 0.1) is 22.9 Å². The maximum Gasteiger partial charge on any atom is 0.338 e. The minimum Gasteiger partial charge on any atom is -0.452 e. The van der Waals surface area contributed by atoms with E-state index in [4.69, 9.17) is 4.74 Å². The van der Waals surface area contributed by atoms with Crippen LogP contribution in [0, 0.1) is 6.92 Å². The highest BCUT2D eigenvalue weighted by Crippen LogP contribution is 2.21. The van der Waals surface area contributed by atoms with Crippen molar-refractivity contribution in [3.8, 4) is 0 Å². The lowest BCUT2D eigenvalue weighted by molar-refractivity contribution is -0.119. The van der Waals surface area contributed by atoms with Crippen molar-refractivity contribution in [2.24, 2.45) is 0 Å². The second-order valence-electron chi connectivity index (χ2n) is 5.72. The minimum absolute atomic E-state index is 0.336. The molecule has 6 nitrogen and oxygen atoms in total. The van der Waals surface area contributed by atoms with E-state index < -0.39 is 5.97 Å². The zero-order valence-corrected chi connectivity index (χ0v) is 14.1. The monoisotopic (exact) mass is 337 g/mol. The Morgan fingerprint density at radius 2 is 2.08 bits per heavy atom. The maximum absolute atomic E-state index is 12.1. The largest absolute Gasteiger partial charge is 0.452 e. The summed E-state index contributed by atoms with van der Waals surface area (Å²) < 4.78 is 5.12. The van der Waals surface area contributed by atoms with E-state index in [0.717, 1.165) is 34.3 Å². The molecule has 0 saturated heterocycles. The molecule has 3 aromatic rings. The van der Waals surface area contributed by atoms with Gasteiger partial charge in [0.25, 0.3) is 5.91 Å². The van der Waals surface area contributed by atoms with E-state index in [1.54, 1.807) is 24.5 Å². The van der Waals surface area contributed by atoms with Gasteiger partial charge < -0.3 is 15.0 Å². The topological polar surface area (TPSA) is 84.1 Å². The highest BCUT2D eigenvalue weighted by molar-refractivity contribution is 5.97. The lowest BCUT2D eigenvalue weighted by Gasteiger charge is -2.13. The second kappa shape index (κ2) is 7.17. The number of rotatable bonds is 5. The van der Waals surface area contributed by atoms with Crippen LogP contribution in [0.25, 0.3) is 11.0 Å². The summed E-state index contributed by atoms with van der Waals surface area (Å²) in [5, 5.41) is 2.83. The van der Waals surface area contributed by atoms with Crippen molar-refractivity contribution < 1.29 is 14.3 Å². The number of imidazole rings is 1. The van der Waals surface area contributed by atoms with Crippen LogP contribution >= 0.6 is 0 Å². The standard InChI is InChI=1S/C19H19N3O3/c1-3-13-6-4-5-12(2)18(13)22-17(23)10-25-19(24)14-7-8-15-16(9-14)21-11-20-15/h4-9,11H,3,10H2,1-2H3,(H,20,21)(H,22,23). The zero-order chi connectivity index (χ0) is 17.8. The molecule has 0 radical (unpaired) electrons. The number of carbonyl (C=O) groups is 2. The SMILES string of the molecule is CCc1cccc(C)c1NC(=O)COC(=O)c1ccc2nc[nH]c2c1. The number of aromatic amines is 1. The van der Waals surface area contributed by atoms with Gasteiger partial charge >= 0.3 is 5.97 Å². The van der Waals surface area contributed by atoms with Crippen molar-refractivity contribution >= 4 is 28.6 Å². The molecule has 0 aliphatic carbocycles. The van der Waals surface area contributed by atoms with E-state index >= 15 is 0 Å². The third kappa shape index (κ3) is 3.68. The molecule has 0 aliphatic heterocycles. The highest BCUT2D eigenvalue weighted by atomic mass is 16.5. The van der Waals surface area contributed by atoms with Crippen LogP contribution in [0.1, 0.15) is 28.4 Å². The minimum atomic E-state index is -0.549. The first-order valence-electron chi connectivity index (χ1n) is 8.07. The fourth-order valence-corrected chi connectivity index (χ4v) is 2.65. The van der Waals surface area contributed by atoms with Crippen LogP contribution in [0.4, 0.5) is 5.69 Å². The van der Waals surface area contributed by atoms with Crippen molar-refractivity contribution in [2.45, 2.75) is 20.3 Å². The van der Waals surface area contributed by atoms with E-state index in [-0.39, 0.29) is 12.5 Å². The van der Waals surface area contributed by atoms with Crippen molar-refractivity contribution in [3.63, 3.8) is 0 Å². The lowest BCUT2D eigenvalue weighted by atomic mass is 10.1. The molecule has 6 heteroatoms. The number of aromatic nitrogens is 2. The van der Waals surface area contributed by atoms with E-state index in [0.29, 0.717) is 5.56 Å². The Balaban J connectivity index is 1.63. The van der Waals surface area contributed by atoms with Crippen LogP contribution in [0.5, 0.6) is 0 Å². The molecule has 0 aliphatic rings. The molecule has 0 atom stereocenters. The number of hydrogen-bond acceptors (Lipinski definition) is 4. The highest BCUT2D eigenvalue weighted by Gasteiger charge is 2.13. The Labute approximate surface area is 145 Å². The molecule has 2 aromatic carbocycles. The van der Waals surface area contributed by atoms with Gasteiger partial charge in [-0.2, -0.15) is 0 Å². The Hall–Kier alpha value is -3.15. The fourth-order valence-electron chi connectivity index (χ4n) is 2.65. The van der Waals surface area contributed by atoms with Crippen LogP contribution in [-0.4, -0.2) is 28.5 Å². The molecule has 1 amide bonds. The molecule has 128 valence electrons. The molecule has 25 heavy (non-hydrogen) atoms. The first-order valence-corrected chi connectivity index (χ1v) is 8.07. The molecule has 0 bridgehead atoms. The molecule has 1 heterocycles. The average Bonchev–Trinajstić information content (AvgIpc) is 3.09. The summed E-state index contributed by atoms with van der Waals surface area (Å²) >= 11 is 0. The van der Waals surface area contributed by atoms with Gasteiger partial charge in [0.2, 0.25) is 0 Å². The van der Waals surface area contributed by atoms with Crippen molar-refractivity contribution in [2.75, 3.05) is 11.9 Å². The molecule has 3 rings (SSSR count). The number of esters is 1. The van der Waals surface area contributed by atoms with Crippen LogP contribution in [0.3, 0.4) is 0 Å². The molecular weight excluding hydrogens is 318 g/mol. The predicted molar refractivity (Wildman–Crippen MR) is 95.6 cm³/mol. The first kappa shape index (κ1) is 16.7. The van der Waals surface area contributed by atoms with Gasteiger partial charge in [-0.05, 0) is 42.7 Å². The molecule has 2 N–H and O–H groups in total. The lowest BCUT2D eigenvalue weighted by Crippen LogP contribution is -2.22. The number of anilines is 1. The van der Waals surface area contributed by atoms with Crippen LogP contribution in [-0.2, 0) is 16.0 Å². The molecule has 0 spiro atoms. The number of nitrogens with zero attached hydrogens (tertiary/aromatic N) is 1. The van der Waals surface area contributed by atoms with Crippen LogP contribution in [0.15, 0.2) is 42.7 Å². The molecule has 1 aromatic heterocycles. The third-order valence-corrected chi connectivity index (χ3v) is 3.99. The molecular formula is C19H19N3O3. The van der Waals surface area contributed by atoms with Crippen LogP contribution in [0.2, 0.25) is 0 Å². The molecule has 0 fully saturated rings. The van der Waals surface area contributed by atoms with Crippen LogP contribution < -0.4 is 5.32 Å². The quantitative estimate of drug-likeness (QED) is 0.700. The molecule has 0 unspecified atom stereocenters. The Morgan fingerprint density at radius 3 is 2.88 bits per heavy atom. The van der Waals surface area contributed by atoms with Gasteiger partial charge in [-0.25, -0.2) is 9.78 Å². The summed E-state index contributed by atoms with van der Waals surface area (Å²) in [6.45, 7) is 3.62. The third-order valence-electron chi connectivity index (χ3n) is 3.99. The van der Waals surface area contributed by atoms with E-state index in [2.05, 4.69) is 15.3 Å². The normalized spacial score (nSPS) is 10.6. The van der Waals surface area contributed by atoms with Crippen molar-refractivity contribution in [3.05, 3.63) is 59.4 Å². The number of para-hydroxylation sites is 1. The summed E-state index contributed by atoms with van der Waals surface area (Å²) in [6, 6.07) is 10.9. The Morgan fingerprint density at radius 1 is 1.24 bits per heavy atom. The number of fused-ring (bicyclic) bond motifs is 1. The summed E-state index contributed by atoms with van der Waals surface area (Å²) in [5.74, 6) is -0.910. The first-order chi connectivity index (χ1) is 12.1. The van der Waals surface area contributed by atoms with Crippen molar-refractivity contribution in [1.29, 1.82) is 0 Å².